The zero-order valence-corrected chi connectivity index (χ0v) is 16.1. The van der Waals surface area contributed by atoms with Gasteiger partial charge in [-0.15, -0.1) is 0 Å². The number of aromatic nitrogens is 1. The molecule has 1 N–H and O–H groups in total. The molecule has 1 aromatic carbocycles. The van der Waals surface area contributed by atoms with Crippen LogP contribution in [0.2, 0.25) is 10.0 Å². The van der Waals surface area contributed by atoms with Crippen molar-refractivity contribution in [3.05, 3.63) is 55.3 Å². The third-order valence-corrected chi connectivity index (χ3v) is 4.63. The van der Waals surface area contributed by atoms with Gasteiger partial charge < -0.3 is 5.11 Å². The maximum absolute atomic E-state index is 12.5. The van der Waals surface area contributed by atoms with Gasteiger partial charge in [0.2, 0.25) is 5.88 Å². The first kappa shape index (κ1) is 20.0. The third-order valence-electron chi connectivity index (χ3n) is 4.07. The van der Waals surface area contributed by atoms with Crippen molar-refractivity contribution in [1.29, 1.82) is 5.26 Å². The monoisotopic (exact) mass is 391 g/mol. The minimum Gasteiger partial charge on any atom is -0.494 e. The Morgan fingerprint density at radius 2 is 2.08 bits per heavy atom. The van der Waals surface area contributed by atoms with Gasteiger partial charge in [-0.1, -0.05) is 43.0 Å². The van der Waals surface area contributed by atoms with Gasteiger partial charge >= 0.3 is 0 Å². The zero-order valence-electron chi connectivity index (χ0n) is 14.6. The van der Waals surface area contributed by atoms with Crippen LogP contribution in [0.5, 0.6) is 5.88 Å². The number of pyridine rings is 1. The van der Waals surface area contributed by atoms with Crippen molar-refractivity contribution < 1.29 is 5.11 Å². The van der Waals surface area contributed by atoms with E-state index in [9.17, 15) is 15.2 Å². The Hall–Kier alpha value is -2.29. The number of unbranched alkanes of at least 4 members (excludes halogenated alkanes) is 2. The van der Waals surface area contributed by atoms with Crippen molar-refractivity contribution in [1.82, 2.24) is 4.57 Å². The second kappa shape index (κ2) is 8.88. The standard InChI is InChI=1S/C19H19Cl2N3O2/c1-3-4-5-8-24-18(25)14(10-22)12(2)15(19(24)26)11-23-17-9-13(20)6-7-16(17)21/h6-7,9,11,26H,3-5,8H2,1-2H3. The molecule has 7 heteroatoms. The molecular weight excluding hydrogens is 373 g/mol. The number of rotatable bonds is 6. The van der Waals surface area contributed by atoms with Gasteiger partial charge in [-0.3, -0.25) is 14.4 Å². The summed E-state index contributed by atoms with van der Waals surface area (Å²) in [7, 11) is 0. The van der Waals surface area contributed by atoms with E-state index in [1.54, 1.807) is 25.1 Å². The van der Waals surface area contributed by atoms with Gasteiger partial charge in [0.25, 0.3) is 5.56 Å². The van der Waals surface area contributed by atoms with Crippen molar-refractivity contribution in [2.24, 2.45) is 4.99 Å². The lowest BCUT2D eigenvalue weighted by molar-refractivity contribution is 0.398. The van der Waals surface area contributed by atoms with Crippen LogP contribution in [-0.4, -0.2) is 15.9 Å². The van der Waals surface area contributed by atoms with Crippen molar-refractivity contribution in [2.45, 2.75) is 39.7 Å². The average molecular weight is 392 g/mol. The molecule has 0 saturated heterocycles. The van der Waals surface area contributed by atoms with E-state index in [4.69, 9.17) is 23.2 Å². The molecule has 0 aliphatic carbocycles. The first-order valence-electron chi connectivity index (χ1n) is 8.26. The van der Waals surface area contributed by atoms with Crippen molar-refractivity contribution in [3.8, 4) is 11.9 Å². The Bertz CT molecular complexity index is 943. The molecule has 0 aliphatic rings. The summed E-state index contributed by atoms with van der Waals surface area (Å²) in [4.78, 5) is 16.7. The molecule has 26 heavy (non-hydrogen) atoms. The smallest absolute Gasteiger partial charge is 0.271 e. The van der Waals surface area contributed by atoms with E-state index in [0.29, 0.717) is 33.4 Å². The van der Waals surface area contributed by atoms with E-state index in [2.05, 4.69) is 4.99 Å². The second-order valence-electron chi connectivity index (χ2n) is 5.87. The van der Waals surface area contributed by atoms with Gasteiger partial charge in [-0.25, -0.2) is 0 Å². The van der Waals surface area contributed by atoms with Crippen LogP contribution in [0.3, 0.4) is 0 Å². The van der Waals surface area contributed by atoms with Gasteiger partial charge in [0.05, 0.1) is 16.3 Å². The first-order chi connectivity index (χ1) is 12.4. The highest BCUT2D eigenvalue weighted by atomic mass is 35.5. The molecule has 0 bridgehead atoms. The molecule has 0 aliphatic heterocycles. The summed E-state index contributed by atoms with van der Waals surface area (Å²) >= 11 is 12.1. The minimum absolute atomic E-state index is 0.00191. The summed E-state index contributed by atoms with van der Waals surface area (Å²) < 4.78 is 1.22. The molecule has 0 unspecified atom stereocenters. The van der Waals surface area contributed by atoms with Crippen LogP contribution in [0, 0.1) is 18.3 Å². The molecule has 0 radical (unpaired) electrons. The topological polar surface area (TPSA) is 78.4 Å². The number of aliphatic imine (C=N–C) groups is 1. The summed E-state index contributed by atoms with van der Waals surface area (Å²) in [5.74, 6) is -0.204. The molecule has 0 fully saturated rings. The maximum atomic E-state index is 12.5. The number of hydrogen-bond donors (Lipinski definition) is 1. The predicted molar refractivity (Wildman–Crippen MR) is 105 cm³/mol. The Balaban J connectivity index is 2.55. The number of hydrogen-bond acceptors (Lipinski definition) is 4. The van der Waals surface area contributed by atoms with Gasteiger partial charge in [0.1, 0.15) is 11.6 Å². The van der Waals surface area contributed by atoms with E-state index >= 15 is 0 Å². The van der Waals surface area contributed by atoms with Crippen molar-refractivity contribution >= 4 is 35.1 Å². The average Bonchev–Trinajstić information content (AvgIpc) is 2.61. The Kier molecular flexibility index (Phi) is 6.84. The van der Waals surface area contributed by atoms with E-state index in [-0.39, 0.29) is 11.4 Å². The van der Waals surface area contributed by atoms with Crippen LogP contribution in [-0.2, 0) is 6.54 Å². The largest absolute Gasteiger partial charge is 0.494 e. The Morgan fingerprint density at radius 1 is 1.35 bits per heavy atom. The van der Waals surface area contributed by atoms with Gasteiger partial charge in [-0.05, 0) is 37.1 Å². The predicted octanol–water partition coefficient (Wildman–Crippen LogP) is 4.98. The SMILES string of the molecule is CCCCCn1c(O)c(C=Nc2cc(Cl)ccc2Cl)c(C)c(C#N)c1=O. The number of benzene rings is 1. The lowest BCUT2D eigenvalue weighted by atomic mass is 10.1. The Morgan fingerprint density at radius 3 is 2.73 bits per heavy atom. The lowest BCUT2D eigenvalue weighted by Gasteiger charge is -2.13. The molecule has 1 heterocycles. The Labute approximate surface area is 162 Å². The van der Waals surface area contributed by atoms with Crippen LogP contribution < -0.4 is 5.56 Å². The molecule has 0 spiro atoms. The second-order valence-corrected chi connectivity index (χ2v) is 6.71. The summed E-state index contributed by atoms with van der Waals surface area (Å²) in [6.07, 6.45) is 4.03. The molecule has 5 nitrogen and oxygen atoms in total. The molecule has 2 aromatic rings. The normalized spacial score (nSPS) is 11.0. The maximum Gasteiger partial charge on any atom is 0.271 e. The van der Waals surface area contributed by atoms with E-state index in [1.165, 1.54) is 10.8 Å². The summed E-state index contributed by atoms with van der Waals surface area (Å²) in [6.45, 7) is 3.99. The molecule has 0 amide bonds. The lowest BCUT2D eigenvalue weighted by Crippen LogP contribution is -2.25. The zero-order chi connectivity index (χ0) is 19.3. The highest BCUT2D eigenvalue weighted by Gasteiger charge is 2.17. The summed E-state index contributed by atoms with van der Waals surface area (Å²) in [6, 6.07) is 6.79. The highest BCUT2D eigenvalue weighted by molar-refractivity contribution is 6.35. The van der Waals surface area contributed by atoms with Gasteiger partial charge in [0, 0.05) is 17.8 Å². The van der Waals surface area contributed by atoms with Gasteiger partial charge in [-0.2, -0.15) is 5.26 Å². The number of aromatic hydroxyl groups is 1. The fourth-order valence-corrected chi connectivity index (χ4v) is 2.90. The molecule has 0 saturated carbocycles. The van der Waals surface area contributed by atoms with Crippen molar-refractivity contribution in [3.63, 3.8) is 0 Å². The quantitative estimate of drug-likeness (QED) is 0.556. The van der Waals surface area contributed by atoms with Crippen LogP contribution >= 0.6 is 23.2 Å². The van der Waals surface area contributed by atoms with Crippen LogP contribution in [0.25, 0.3) is 0 Å². The minimum atomic E-state index is -0.489. The fourth-order valence-electron chi connectivity index (χ4n) is 2.57. The van der Waals surface area contributed by atoms with E-state index in [0.717, 1.165) is 19.3 Å². The molecule has 0 atom stereocenters. The molecule has 1 aromatic heterocycles. The van der Waals surface area contributed by atoms with Crippen LogP contribution in [0.15, 0.2) is 28.0 Å². The molecule has 2 rings (SSSR count). The number of nitrogens with zero attached hydrogens (tertiary/aromatic N) is 3. The van der Waals surface area contributed by atoms with Gasteiger partial charge in [0.15, 0.2) is 0 Å². The third kappa shape index (κ3) is 4.27. The molecular formula is C19H19Cl2N3O2. The molecule has 136 valence electrons. The highest BCUT2D eigenvalue weighted by Crippen LogP contribution is 2.29. The number of nitriles is 1. The van der Waals surface area contributed by atoms with E-state index in [1.807, 2.05) is 13.0 Å². The van der Waals surface area contributed by atoms with Crippen LogP contribution in [0.1, 0.15) is 42.9 Å². The van der Waals surface area contributed by atoms with E-state index < -0.39 is 5.56 Å². The number of halogens is 2. The summed E-state index contributed by atoms with van der Waals surface area (Å²) in [5, 5.41) is 20.8. The fraction of sp³-hybridized carbons (Fsp3) is 0.316. The first-order valence-corrected chi connectivity index (χ1v) is 9.01. The van der Waals surface area contributed by atoms with Crippen molar-refractivity contribution in [2.75, 3.05) is 0 Å². The summed E-state index contributed by atoms with van der Waals surface area (Å²) in [5.41, 5.74) is 0.632. The van der Waals surface area contributed by atoms with Crippen LogP contribution in [0.4, 0.5) is 5.69 Å².